The van der Waals surface area contributed by atoms with Crippen LogP contribution < -0.4 is 4.74 Å². The molecule has 1 rings (SSSR count). The van der Waals surface area contributed by atoms with Crippen molar-refractivity contribution in [2.75, 3.05) is 7.11 Å². The van der Waals surface area contributed by atoms with Gasteiger partial charge in [0, 0.05) is 1.43 Å². The molecule has 1 aromatic carbocycles. The van der Waals surface area contributed by atoms with Crippen molar-refractivity contribution < 1.29 is 6.16 Å². The zero-order chi connectivity index (χ0) is 8.10. The van der Waals surface area contributed by atoms with E-state index in [0.29, 0.717) is 0 Å². The van der Waals surface area contributed by atoms with Gasteiger partial charge in [-0.05, 0) is 24.6 Å². The number of ether oxygens (including phenoxy) is 1. The highest BCUT2D eigenvalue weighted by molar-refractivity contribution is 5.50. The lowest BCUT2D eigenvalue weighted by molar-refractivity contribution is 0.415. The Kier molecular flexibility index (Phi) is 2.73. The Bertz CT molecular complexity index is 239. The van der Waals surface area contributed by atoms with Gasteiger partial charge in [-0.15, -0.1) is 0 Å². The monoisotopic (exact) mass is 151 g/mol. The molecule has 0 spiro atoms. The predicted octanol–water partition coefficient (Wildman–Crippen LogP) is 2.97. The van der Waals surface area contributed by atoms with Gasteiger partial charge in [0.25, 0.3) is 0 Å². The van der Waals surface area contributed by atoms with Gasteiger partial charge in [-0.25, -0.2) is 0 Å². The van der Waals surface area contributed by atoms with E-state index in [4.69, 9.17) is 4.74 Å². The smallest absolute Gasteiger partial charge is 0.118 e. The lowest BCUT2D eigenvalue weighted by atomic mass is 10.2. The van der Waals surface area contributed by atoms with Gasteiger partial charge in [0.15, 0.2) is 0 Å². The zero-order valence-electron chi connectivity index (χ0n) is 6.87. The summed E-state index contributed by atoms with van der Waals surface area (Å²) in [6.45, 7) is 2.00. The number of allylic oxidation sites excluding steroid dienone is 1. The molecule has 0 unspecified atom stereocenters. The lowest BCUT2D eigenvalue weighted by Gasteiger charge is -1.98. The van der Waals surface area contributed by atoms with Crippen molar-refractivity contribution in [1.82, 2.24) is 0 Å². The van der Waals surface area contributed by atoms with E-state index in [1.54, 1.807) is 7.11 Å². The molecule has 0 aliphatic rings. The first-order valence-corrected chi connectivity index (χ1v) is 3.63. The molecule has 0 saturated heterocycles. The maximum absolute atomic E-state index is 5.02. The number of hydrogen-bond acceptors (Lipinski definition) is 1. The SMILES string of the molecule is C/C=C/c1ccc(OC)cc1.[2HH]. The molecule has 11 heavy (non-hydrogen) atoms. The lowest BCUT2D eigenvalue weighted by Crippen LogP contribution is -1.80. The first kappa shape index (κ1) is 7.86. The average Bonchev–Trinajstić information content (AvgIpc) is 2.07. The van der Waals surface area contributed by atoms with Gasteiger partial charge in [0.2, 0.25) is 0 Å². The van der Waals surface area contributed by atoms with E-state index in [9.17, 15) is 0 Å². The van der Waals surface area contributed by atoms with E-state index < -0.39 is 0 Å². The van der Waals surface area contributed by atoms with Crippen LogP contribution in [0.25, 0.3) is 6.08 Å². The molecule has 1 heteroatoms. The highest BCUT2D eigenvalue weighted by atomic mass is 16.5. The molecule has 0 heterocycles. The van der Waals surface area contributed by atoms with Crippen LogP contribution in [0.3, 0.4) is 0 Å². The van der Waals surface area contributed by atoms with Crippen molar-refractivity contribution in [2.45, 2.75) is 6.92 Å². The average molecular weight is 151 g/mol. The largest absolute Gasteiger partial charge is 0.497 e. The van der Waals surface area contributed by atoms with Gasteiger partial charge in [0.05, 0.1) is 7.11 Å². The van der Waals surface area contributed by atoms with Crippen LogP contribution in [0, 0.1) is 0 Å². The van der Waals surface area contributed by atoms with E-state index in [1.165, 1.54) is 5.56 Å². The van der Waals surface area contributed by atoms with Gasteiger partial charge in [-0.2, -0.15) is 0 Å². The molecule has 0 amide bonds. The van der Waals surface area contributed by atoms with Crippen molar-refractivity contribution in [3.8, 4) is 5.75 Å². The highest BCUT2D eigenvalue weighted by Gasteiger charge is 1.87. The first-order chi connectivity index (χ1) is 5.36. The summed E-state index contributed by atoms with van der Waals surface area (Å²) < 4.78 is 5.02. The molecule has 0 bridgehead atoms. The molecule has 1 aromatic rings. The Labute approximate surface area is 68.8 Å². The molecule has 0 radical (unpaired) electrons. The van der Waals surface area contributed by atoms with E-state index in [2.05, 4.69) is 6.08 Å². The maximum Gasteiger partial charge on any atom is 0.118 e. The van der Waals surface area contributed by atoms with Crippen LogP contribution >= 0.6 is 0 Å². The zero-order valence-corrected chi connectivity index (χ0v) is 6.87. The van der Waals surface area contributed by atoms with E-state index in [0.717, 1.165) is 5.75 Å². The molecular formula is C10H14O. The highest BCUT2D eigenvalue weighted by Crippen LogP contribution is 2.11. The first-order valence-electron chi connectivity index (χ1n) is 3.63. The molecule has 0 atom stereocenters. The summed E-state index contributed by atoms with van der Waals surface area (Å²) in [6, 6.07) is 7.96. The molecule has 0 saturated carbocycles. The second-order valence-electron chi connectivity index (χ2n) is 2.27. The van der Waals surface area contributed by atoms with Crippen molar-refractivity contribution in [3.63, 3.8) is 0 Å². The summed E-state index contributed by atoms with van der Waals surface area (Å²) in [4.78, 5) is 0. The summed E-state index contributed by atoms with van der Waals surface area (Å²) in [5, 5.41) is 0. The van der Waals surface area contributed by atoms with Crippen LogP contribution in [0.2, 0.25) is 0 Å². The maximum atomic E-state index is 5.02. The number of rotatable bonds is 2. The Morgan fingerprint density at radius 2 is 1.91 bits per heavy atom. The molecule has 1 nitrogen and oxygen atoms in total. The molecule has 0 aliphatic heterocycles. The fourth-order valence-electron chi connectivity index (χ4n) is 0.907. The van der Waals surface area contributed by atoms with Crippen LogP contribution in [0.15, 0.2) is 30.3 Å². The molecule has 0 fully saturated rings. The summed E-state index contributed by atoms with van der Waals surface area (Å²) >= 11 is 0. The summed E-state index contributed by atoms with van der Waals surface area (Å²) in [6.07, 6.45) is 4.07. The molecule has 60 valence electrons. The van der Waals surface area contributed by atoms with E-state index in [1.807, 2.05) is 37.3 Å². The van der Waals surface area contributed by atoms with Gasteiger partial charge in [0.1, 0.15) is 5.75 Å². The number of benzene rings is 1. The third-order valence-corrected chi connectivity index (χ3v) is 1.47. The van der Waals surface area contributed by atoms with Crippen LogP contribution in [-0.2, 0) is 0 Å². The Balaban J connectivity index is 0.00000121. The Hall–Kier alpha value is -1.24. The van der Waals surface area contributed by atoms with Crippen LogP contribution in [0.4, 0.5) is 0 Å². The number of hydrogen-bond donors (Lipinski definition) is 0. The standard InChI is InChI=1S/C10H12O.H2/c1-3-4-9-5-7-10(11-2)8-6-9;/h3-8H,1-2H3;1H/b4-3+;/i;1+1. The number of methoxy groups -OCH3 is 1. The van der Waals surface area contributed by atoms with Crippen molar-refractivity contribution in [2.24, 2.45) is 0 Å². The normalized spacial score (nSPS) is 10.4. The summed E-state index contributed by atoms with van der Waals surface area (Å²) in [5.41, 5.74) is 1.20. The minimum atomic E-state index is 0. The fourth-order valence-corrected chi connectivity index (χ4v) is 0.907. The van der Waals surface area contributed by atoms with Crippen LogP contribution in [-0.4, -0.2) is 7.11 Å². The minimum absolute atomic E-state index is 0. The Morgan fingerprint density at radius 1 is 1.27 bits per heavy atom. The summed E-state index contributed by atoms with van der Waals surface area (Å²) in [5.74, 6) is 0.901. The molecule has 0 aromatic heterocycles. The molecule has 0 aliphatic carbocycles. The van der Waals surface area contributed by atoms with Gasteiger partial charge < -0.3 is 4.74 Å². The third kappa shape index (κ3) is 2.11. The third-order valence-electron chi connectivity index (χ3n) is 1.47. The quantitative estimate of drug-likeness (QED) is 0.631. The second kappa shape index (κ2) is 3.81. The predicted molar refractivity (Wildman–Crippen MR) is 49.8 cm³/mol. The Morgan fingerprint density at radius 3 is 2.36 bits per heavy atom. The molecule has 0 N–H and O–H groups in total. The second-order valence-corrected chi connectivity index (χ2v) is 2.27. The van der Waals surface area contributed by atoms with Gasteiger partial charge in [-0.3, -0.25) is 0 Å². The van der Waals surface area contributed by atoms with Crippen molar-refractivity contribution >= 4 is 6.08 Å². The topological polar surface area (TPSA) is 9.23 Å². The molecular weight excluding hydrogens is 136 g/mol. The fraction of sp³-hybridized carbons (Fsp3) is 0.200. The van der Waals surface area contributed by atoms with Crippen LogP contribution in [0.1, 0.15) is 13.9 Å². The van der Waals surface area contributed by atoms with Gasteiger partial charge in [-0.1, -0.05) is 24.3 Å². The minimum Gasteiger partial charge on any atom is -0.497 e. The van der Waals surface area contributed by atoms with E-state index >= 15 is 0 Å². The van der Waals surface area contributed by atoms with Crippen LogP contribution in [0.5, 0.6) is 5.75 Å². The van der Waals surface area contributed by atoms with Gasteiger partial charge >= 0.3 is 0 Å². The van der Waals surface area contributed by atoms with Crippen molar-refractivity contribution in [1.29, 1.82) is 0 Å². The summed E-state index contributed by atoms with van der Waals surface area (Å²) in [7, 11) is 1.67. The van der Waals surface area contributed by atoms with E-state index in [-0.39, 0.29) is 1.43 Å². The van der Waals surface area contributed by atoms with Crippen molar-refractivity contribution in [3.05, 3.63) is 35.9 Å².